The van der Waals surface area contributed by atoms with Crippen LogP contribution in [-0.2, 0) is 19.6 Å². The standard InChI is InChI=1S/C22H26ClN3O6S/c1-3-32-22(28)26-12-10-15(11-13-26)21(27)24-16-8-9-19(31-2)20(14-16)33(29,30)25-18-7-5-4-6-17(18)23/h4-9,14-15,25H,3,10-13H2,1-2H3,(H,24,27). The first kappa shape index (κ1) is 24.7. The first-order valence-electron chi connectivity index (χ1n) is 10.4. The molecule has 2 aromatic carbocycles. The molecule has 0 bridgehead atoms. The molecule has 1 aliphatic rings. The van der Waals surface area contributed by atoms with Crippen molar-refractivity contribution < 1.29 is 27.5 Å². The number of amides is 2. The van der Waals surface area contributed by atoms with Gasteiger partial charge in [-0.05, 0) is 50.1 Å². The minimum Gasteiger partial charge on any atom is -0.495 e. The number of nitrogens with one attached hydrogen (secondary N) is 2. The lowest BCUT2D eigenvalue weighted by Gasteiger charge is -2.30. The number of benzene rings is 2. The zero-order chi connectivity index (χ0) is 24.0. The van der Waals surface area contributed by atoms with E-state index in [1.807, 2.05) is 0 Å². The van der Waals surface area contributed by atoms with Gasteiger partial charge in [0.15, 0.2) is 0 Å². The molecular weight excluding hydrogens is 470 g/mol. The number of piperidine rings is 1. The third-order valence-electron chi connectivity index (χ3n) is 5.23. The Kier molecular flexibility index (Phi) is 8.04. The van der Waals surface area contributed by atoms with E-state index in [1.54, 1.807) is 42.2 Å². The van der Waals surface area contributed by atoms with Crippen LogP contribution in [0.3, 0.4) is 0 Å². The number of carbonyl (C=O) groups is 2. The first-order chi connectivity index (χ1) is 15.7. The Morgan fingerprint density at radius 3 is 2.48 bits per heavy atom. The Balaban J connectivity index is 1.72. The highest BCUT2D eigenvalue weighted by Crippen LogP contribution is 2.31. The van der Waals surface area contributed by atoms with Crippen LogP contribution in [-0.4, -0.2) is 52.1 Å². The Morgan fingerprint density at radius 1 is 1.15 bits per heavy atom. The second kappa shape index (κ2) is 10.8. The Labute approximate surface area is 198 Å². The second-order valence-electron chi connectivity index (χ2n) is 7.40. The maximum absolute atomic E-state index is 13.0. The molecule has 0 aromatic heterocycles. The quantitative estimate of drug-likeness (QED) is 0.601. The molecule has 2 amide bonds. The lowest BCUT2D eigenvalue weighted by Crippen LogP contribution is -2.41. The van der Waals surface area contributed by atoms with E-state index in [1.165, 1.54) is 19.2 Å². The third-order valence-corrected chi connectivity index (χ3v) is 6.95. The number of carbonyl (C=O) groups excluding carboxylic acids is 2. The summed E-state index contributed by atoms with van der Waals surface area (Å²) in [6.45, 7) is 2.88. The fourth-order valence-corrected chi connectivity index (χ4v) is 5.01. The van der Waals surface area contributed by atoms with E-state index in [4.69, 9.17) is 21.1 Å². The molecule has 0 atom stereocenters. The predicted octanol–water partition coefficient (Wildman–Crippen LogP) is 3.96. The van der Waals surface area contributed by atoms with Gasteiger partial charge in [0.25, 0.3) is 10.0 Å². The van der Waals surface area contributed by atoms with Crippen molar-refractivity contribution in [1.29, 1.82) is 0 Å². The zero-order valence-corrected chi connectivity index (χ0v) is 19.9. The van der Waals surface area contributed by atoms with Gasteiger partial charge in [-0.15, -0.1) is 0 Å². The van der Waals surface area contributed by atoms with Gasteiger partial charge in [0.05, 0.1) is 24.4 Å². The summed E-state index contributed by atoms with van der Waals surface area (Å²) < 4.78 is 38.7. The number of rotatable bonds is 7. The summed E-state index contributed by atoms with van der Waals surface area (Å²) in [5.41, 5.74) is 0.539. The summed E-state index contributed by atoms with van der Waals surface area (Å²) in [5.74, 6) is -0.430. The zero-order valence-electron chi connectivity index (χ0n) is 18.3. The minimum absolute atomic E-state index is 0.121. The monoisotopic (exact) mass is 495 g/mol. The Bertz CT molecular complexity index is 1120. The van der Waals surface area contributed by atoms with E-state index in [0.29, 0.717) is 38.2 Å². The Hall–Kier alpha value is -2.98. The molecule has 0 unspecified atom stereocenters. The maximum Gasteiger partial charge on any atom is 0.409 e. The number of halogens is 1. The molecule has 1 heterocycles. The van der Waals surface area contributed by atoms with Crippen LogP contribution in [0.1, 0.15) is 19.8 Å². The molecule has 0 spiro atoms. The SMILES string of the molecule is CCOC(=O)N1CCC(C(=O)Nc2ccc(OC)c(S(=O)(=O)Nc3ccccc3Cl)c2)CC1. The first-order valence-corrected chi connectivity index (χ1v) is 12.3. The Morgan fingerprint density at radius 2 is 1.85 bits per heavy atom. The molecule has 178 valence electrons. The predicted molar refractivity (Wildman–Crippen MR) is 125 cm³/mol. The number of likely N-dealkylation sites (tertiary alicyclic amines) is 1. The molecule has 0 aliphatic carbocycles. The summed E-state index contributed by atoms with van der Waals surface area (Å²) in [6, 6.07) is 10.8. The van der Waals surface area contributed by atoms with Crippen LogP contribution >= 0.6 is 11.6 Å². The topological polar surface area (TPSA) is 114 Å². The lowest BCUT2D eigenvalue weighted by molar-refractivity contribution is -0.121. The van der Waals surface area contributed by atoms with Crippen molar-refractivity contribution in [2.75, 3.05) is 36.8 Å². The molecule has 2 aromatic rings. The van der Waals surface area contributed by atoms with Crippen molar-refractivity contribution in [1.82, 2.24) is 4.90 Å². The second-order valence-corrected chi connectivity index (χ2v) is 9.46. The van der Waals surface area contributed by atoms with Crippen LogP contribution in [0.4, 0.5) is 16.2 Å². The van der Waals surface area contributed by atoms with Crippen LogP contribution in [0.2, 0.25) is 5.02 Å². The number of sulfonamides is 1. The third kappa shape index (κ3) is 6.08. The van der Waals surface area contributed by atoms with Gasteiger partial charge in [0.1, 0.15) is 10.6 Å². The molecule has 1 fully saturated rings. The number of nitrogens with zero attached hydrogens (tertiary/aromatic N) is 1. The van der Waals surface area contributed by atoms with Gasteiger partial charge in [-0.25, -0.2) is 13.2 Å². The molecule has 1 saturated heterocycles. The van der Waals surface area contributed by atoms with Crippen molar-refractivity contribution in [3.63, 3.8) is 0 Å². The lowest BCUT2D eigenvalue weighted by atomic mass is 9.96. The number of ether oxygens (including phenoxy) is 2. The summed E-state index contributed by atoms with van der Waals surface area (Å²) in [5, 5.41) is 3.02. The average Bonchev–Trinajstić information content (AvgIpc) is 2.80. The van der Waals surface area contributed by atoms with Crippen molar-refractivity contribution in [3.8, 4) is 5.75 Å². The van der Waals surface area contributed by atoms with E-state index in [2.05, 4.69) is 10.0 Å². The highest BCUT2D eigenvalue weighted by molar-refractivity contribution is 7.92. The largest absolute Gasteiger partial charge is 0.495 e. The number of methoxy groups -OCH3 is 1. The number of para-hydroxylation sites is 1. The smallest absolute Gasteiger partial charge is 0.409 e. The summed E-state index contributed by atoms with van der Waals surface area (Å²) >= 11 is 6.08. The van der Waals surface area contributed by atoms with Gasteiger partial charge in [0.2, 0.25) is 5.91 Å². The van der Waals surface area contributed by atoms with Crippen molar-refractivity contribution in [3.05, 3.63) is 47.5 Å². The highest BCUT2D eigenvalue weighted by atomic mass is 35.5. The van der Waals surface area contributed by atoms with E-state index in [0.717, 1.165) is 0 Å². The van der Waals surface area contributed by atoms with E-state index >= 15 is 0 Å². The molecule has 33 heavy (non-hydrogen) atoms. The average molecular weight is 496 g/mol. The fraction of sp³-hybridized carbons (Fsp3) is 0.364. The number of hydrogen-bond donors (Lipinski definition) is 2. The van der Waals surface area contributed by atoms with Crippen LogP contribution in [0.5, 0.6) is 5.75 Å². The fourth-order valence-electron chi connectivity index (χ4n) is 3.49. The molecular formula is C22H26ClN3O6S. The summed E-state index contributed by atoms with van der Waals surface area (Å²) in [7, 11) is -2.69. The van der Waals surface area contributed by atoms with Gasteiger partial charge in [-0.2, -0.15) is 0 Å². The van der Waals surface area contributed by atoms with E-state index in [-0.39, 0.29) is 39.3 Å². The molecule has 9 nitrogen and oxygen atoms in total. The molecule has 1 aliphatic heterocycles. The number of anilines is 2. The summed E-state index contributed by atoms with van der Waals surface area (Å²) in [6.07, 6.45) is 0.590. The molecule has 0 radical (unpaired) electrons. The van der Waals surface area contributed by atoms with Gasteiger partial charge in [-0.1, -0.05) is 23.7 Å². The molecule has 2 N–H and O–H groups in total. The summed E-state index contributed by atoms with van der Waals surface area (Å²) in [4.78, 5) is 26.0. The highest BCUT2D eigenvalue weighted by Gasteiger charge is 2.28. The van der Waals surface area contributed by atoms with Gasteiger partial charge >= 0.3 is 6.09 Å². The van der Waals surface area contributed by atoms with Crippen LogP contribution in [0.25, 0.3) is 0 Å². The molecule has 3 rings (SSSR count). The van der Waals surface area contributed by atoms with Crippen molar-refractivity contribution in [2.45, 2.75) is 24.7 Å². The van der Waals surface area contributed by atoms with Crippen molar-refractivity contribution >= 4 is 45.0 Å². The van der Waals surface area contributed by atoms with Crippen molar-refractivity contribution in [2.24, 2.45) is 5.92 Å². The molecule has 0 saturated carbocycles. The molecule has 11 heteroatoms. The van der Waals surface area contributed by atoms with E-state index < -0.39 is 10.0 Å². The van der Waals surface area contributed by atoms with Gasteiger partial charge in [-0.3, -0.25) is 9.52 Å². The van der Waals surface area contributed by atoms with E-state index in [9.17, 15) is 18.0 Å². The number of hydrogen-bond acceptors (Lipinski definition) is 6. The van der Waals surface area contributed by atoms with Crippen LogP contribution in [0, 0.1) is 5.92 Å². The normalized spacial score (nSPS) is 14.5. The van der Waals surface area contributed by atoms with Crippen LogP contribution < -0.4 is 14.8 Å². The van der Waals surface area contributed by atoms with Gasteiger partial charge in [0, 0.05) is 24.7 Å². The maximum atomic E-state index is 13.0. The van der Waals surface area contributed by atoms with Gasteiger partial charge < -0.3 is 19.7 Å². The van der Waals surface area contributed by atoms with Crippen LogP contribution in [0.15, 0.2) is 47.4 Å². The minimum atomic E-state index is -4.05.